The maximum Gasteiger partial charge on any atom is 0.306 e. The van der Waals surface area contributed by atoms with E-state index in [1.807, 2.05) is 0 Å². The Morgan fingerprint density at radius 1 is 1.04 bits per heavy atom. The van der Waals surface area contributed by atoms with E-state index in [0.717, 1.165) is 51.5 Å². The number of aliphatic hydroxyl groups excluding tert-OH is 1. The minimum absolute atomic E-state index is 0.236. The van der Waals surface area contributed by atoms with E-state index in [9.17, 15) is 9.90 Å². The van der Waals surface area contributed by atoms with Crippen LogP contribution in [0.15, 0.2) is 0 Å². The molecule has 0 aliphatic carbocycles. The SMILES string of the molecule is CCCCCC(O)CCCN(C#N)CCCCCC(C)C(=O)O. The Balaban J connectivity index is 3.63. The van der Waals surface area contributed by atoms with E-state index in [1.54, 1.807) is 11.8 Å². The van der Waals surface area contributed by atoms with Crippen LogP contribution in [0.5, 0.6) is 0 Å². The third kappa shape index (κ3) is 12.9. The van der Waals surface area contributed by atoms with Crippen molar-refractivity contribution in [2.45, 2.75) is 84.2 Å². The minimum atomic E-state index is -0.735. The second kappa shape index (κ2) is 14.3. The van der Waals surface area contributed by atoms with Gasteiger partial charge in [-0.15, -0.1) is 0 Å². The molecule has 0 aromatic rings. The third-order valence-electron chi connectivity index (χ3n) is 4.23. The van der Waals surface area contributed by atoms with Gasteiger partial charge in [0, 0.05) is 13.1 Å². The first-order valence-electron chi connectivity index (χ1n) is 9.06. The first-order valence-corrected chi connectivity index (χ1v) is 9.06. The third-order valence-corrected chi connectivity index (χ3v) is 4.23. The summed E-state index contributed by atoms with van der Waals surface area (Å²) in [5.74, 6) is -1.02. The Morgan fingerprint density at radius 2 is 1.65 bits per heavy atom. The van der Waals surface area contributed by atoms with Gasteiger partial charge in [-0.3, -0.25) is 4.79 Å². The summed E-state index contributed by atoms with van der Waals surface area (Å²) in [5, 5.41) is 27.8. The van der Waals surface area contributed by atoms with Crippen LogP contribution in [0.3, 0.4) is 0 Å². The fraction of sp³-hybridized carbons (Fsp3) is 0.889. The van der Waals surface area contributed by atoms with Crippen molar-refractivity contribution in [1.82, 2.24) is 4.90 Å². The molecule has 0 aromatic carbocycles. The van der Waals surface area contributed by atoms with Gasteiger partial charge in [0.25, 0.3) is 0 Å². The summed E-state index contributed by atoms with van der Waals surface area (Å²) in [4.78, 5) is 12.5. The van der Waals surface area contributed by atoms with Crippen LogP contribution < -0.4 is 0 Å². The van der Waals surface area contributed by atoms with E-state index in [0.29, 0.717) is 13.0 Å². The molecule has 0 aliphatic heterocycles. The summed E-state index contributed by atoms with van der Waals surface area (Å²) < 4.78 is 0. The summed E-state index contributed by atoms with van der Waals surface area (Å²) in [7, 11) is 0. The number of hydrogen-bond acceptors (Lipinski definition) is 4. The molecule has 2 N–H and O–H groups in total. The molecule has 5 nitrogen and oxygen atoms in total. The molecule has 23 heavy (non-hydrogen) atoms. The number of carbonyl (C=O) groups is 1. The van der Waals surface area contributed by atoms with Gasteiger partial charge in [0.1, 0.15) is 0 Å². The van der Waals surface area contributed by atoms with Gasteiger partial charge in [0.15, 0.2) is 6.19 Å². The van der Waals surface area contributed by atoms with E-state index < -0.39 is 5.97 Å². The fourth-order valence-electron chi connectivity index (χ4n) is 2.56. The molecule has 2 atom stereocenters. The predicted octanol–water partition coefficient (Wildman–Crippen LogP) is 3.77. The maximum atomic E-state index is 10.7. The molecule has 5 heteroatoms. The molecule has 2 unspecified atom stereocenters. The van der Waals surface area contributed by atoms with Crippen LogP contribution in [0.1, 0.15) is 78.1 Å². The van der Waals surface area contributed by atoms with Crippen LogP contribution in [0.2, 0.25) is 0 Å². The number of nitrogens with zero attached hydrogens (tertiary/aromatic N) is 2. The van der Waals surface area contributed by atoms with Gasteiger partial charge in [-0.2, -0.15) is 5.26 Å². The largest absolute Gasteiger partial charge is 0.481 e. The van der Waals surface area contributed by atoms with E-state index in [2.05, 4.69) is 13.1 Å². The van der Waals surface area contributed by atoms with E-state index in [-0.39, 0.29) is 12.0 Å². The van der Waals surface area contributed by atoms with Crippen LogP contribution in [-0.2, 0) is 4.79 Å². The minimum Gasteiger partial charge on any atom is -0.481 e. The van der Waals surface area contributed by atoms with Crippen LogP contribution in [0.25, 0.3) is 0 Å². The number of aliphatic hydroxyl groups is 1. The van der Waals surface area contributed by atoms with Gasteiger partial charge in [0.05, 0.1) is 12.0 Å². The number of rotatable bonds is 15. The molecule has 0 heterocycles. The Kier molecular flexibility index (Phi) is 13.5. The zero-order valence-electron chi connectivity index (χ0n) is 14.8. The molecule has 0 amide bonds. The molecule has 0 aromatic heterocycles. The lowest BCUT2D eigenvalue weighted by Gasteiger charge is -2.17. The number of carboxylic acids is 1. The first kappa shape index (κ1) is 21.7. The number of unbranched alkanes of at least 4 members (excludes halogenated alkanes) is 4. The lowest BCUT2D eigenvalue weighted by atomic mass is 10.0. The lowest BCUT2D eigenvalue weighted by Crippen LogP contribution is -2.21. The van der Waals surface area contributed by atoms with Crippen molar-refractivity contribution in [3.63, 3.8) is 0 Å². The zero-order valence-corrected chi connectivity index (χ0v) is 14.8. The number of nitriles is 1. The van der Waals surface area contributed by atoms with Crippen LogP contribution in [-0.4, -0.2) is 40.3 Å². The van der Waals surface area contributed by atoms with E-state index in [1.165, 1.54) is 12.8 Å². The molecular weight excluding hydrogens is 292 g/mol. The predicted molar refractivity (Wildman–Crippen MR) is 91.8 cm³/mol. The number of carboxylic acid groups (broad SMARTS) is 1. The average Bonchev–Trinajstić information content (AvgIpc) is 2.52. The Morgan fingerprint density at radius 3 is 2.26 bits per heavy atom. The highest BCUT2D eigenvalue weighted by molar-refractivity contribution is 5.69. The quantitative estimate of drug-likeness (QED) is 0.272. The van der Waals surface area contributed by atoms with Gasteiger partial charge >= 0.3 is 5.97 Å². The molecule has 0 saturated heterocycles. The lowest BCUT2D eigenvalue weighted by molar-refractivity contribution is -0.141. The summed E-state index contributed by atoms with van der Waals surface area (Å²) in [5.41, 5.74) is 0. The Labute approximate surface area is 141 Å². The fourth-order valence-corrected chi connectivity index (χ4v) is 2.56. The smallest absolute Gasteiger partial charge is 0.306 e. The van der Waals surface area contributed by atoms with Crippen LogP contribution in [0, 0.1) is 17.4 Å². The van der Waals surface area contributed by atoms with Gasteiger partial charge in [0.2, 0.25) is 0 Å². The number of hydrogen-bond donors (Lipinski definition) is 2. The highest BCUT2D eigenvalue weighted by Gasteiger charge is 2.10. The van der Waals surface area contributed by atoms with E-state index in [4.69, 9.17) is 10.4 Å². The summed E-state index contributed by atoms with van der Waals surface area (Å²) >= 11 is 0. The van der Waals surface area contributed by atoms with Crippen molar-refractivity contribution < 1.29 is 15.0 Å². The van der Waals surface area contributed by atoms with Gasteiger partial charge < -0.3 is 15.1 Å². The summed E-state index contributed by atoms with van der Waals surface area (Å²) in [6.45, 7) is 5.31. The highest BCUT2D eigenvalue weighted by atomic mass is 16.4. The average molecular weight is 326 g/mol. The summed E-state index contributed by atoms with van der Waals surface area (Å²) in [6, 6.07) is 0. The second-order valence-electron chi connectivity index (χ2n) is 6.47. The second-order valence-corrected chi connectivity index (χ2v) is 6.47. The maximum absolute atomic E-state index is 10.7. The van der Waals surface area contributed by atoms with Crippen molar-refractivity contribution in [2.24, 2.45) is 5.92 Å². The Bertz CT molecular complexity index is 342. The van der Waals surface area contributed by atoms with Gasteiger partial charge in [-0.05, 0) is 32.1 Å². The molecule has 0 rings (SSSR count). The van der Waals surface area contributed by atoms with Gasteiger partial charge in [-0.1, -0.05) is 46.0 Å². The zero-order chi connectivity index (χ0) is 17.5. The van der Waals surface area contributed by atoms with Crippen molar-refractivity contribution in [1.29, 1.82) is 5.26 Å². The van der Waals surface area contributed by atoms with Crippen molar-refractivity contribution >= 4 is 5.97 Å². The van der Waals surface area contributed by atoms with Crippen molar-refractivity contribution in [3.05, 3.63) is 0 Å². The molecular formula is C18H34N2O3. The van der Waals surface area contributed by atoms with Gasteiger partial charge in [-0.25, -0.2) is 0 Å². The monoisotopic (exact) mass is 326 g/mol. The molecule has 0 fully saturated rings. The van der Waals surface area contributed by atoms with Crippen molar-refractivity contribution in [3.8, 4) is 6.19 Å². The molecule has 0 radical (unpaired) electrons. The molecule has 0 spiro atoms. The molecule has 134 valence electrons. The normalized spacial score (nSPS) is 13.3. The Hall–Kier alpha value is -1.28. The van der Waals surface area contributed by atoms with Crippen molar-refractivity contribution in [2.75, 3.05) is 13.1 Å². The molecule has 0 aliphatic rings. The van der Waals surface area contributed by atoms with E-state index >= 15 is 0 Å². The standard InChI is InChI=1S/C18H34N2O3/c1-3-4-6-11-17(21)12-9-14-20(15-19)13-8-5-7-10-16(2)18(22)23/h16-17,21H,3-14H2,1-2H3,(H,22,23). The number of aliphatic carboxylic acids is 1. The van der Waals surface area contributed by atoms with Crippen LogP contribution >= 0.6 is 0 Å². The first-order chi connectivity index (χ1) is 11.0. The topological polar surface area (TPSA) is 84.6 Å². The summed E-state index contributed by atoms with van der Waals surface area (Å²) in [6.07, 6.45) is 11.3. The van der Waals surface area contributed by atoms with Crippen LogP contribution in [0.4, 0.5) is 0 Å². The molecule has 0 bridgehead atoms. The highest BCUT2D eigenvalue weighted by Crippen LogP contribution is 2.11. The molecule has 0 saturated carbocycles.